The molecule has 1 aromatic rings. The first-order chi connectivity index (χ1) is 8.08. The van der Waals surface area contributed by atoms with Crippen LogP contribution >= 0.6 is 12.8 Å². The molecular weight excluding hydrogens is 240 g/mol. The average Bonchev–Trinajstić information content (AvgIpc) is 2.37. The lowest BCUT2D eigenvalue weighted by molar-refractivity contribution is -0.139. The van der Waals surface area contributed by atoms with Crippen molar-refractivity contribution in [3.63, 3.8) is 0 Å². The number of rotatable bonds is 3. The summed E-state index contributed by atoms with van der Waals surface area (Å²) in [6.07, 6.45) is 0.212. The fourth-order valence-corrected chi connectivity index (χ4v) is 1.45. The number of benzene rings is 1. The van der Waals surface area contributed by atoms with Crippen LogP contribution in [0.4, 0.5) is 10.5 Å². The minimum absolute atomic E-state index is 0.212. The molecule has 0 fully saturated rings. The van der Waals surface area contributed by atoms with Crippen LogP contribution in [0.25, 0.3) is 0 Å². The van der Waals surface area contributed by atoms with E-state index in [0.29, 0.717) is 5.69 Å². The van der Waals surface area contributed by atoms with Crippen LogP contribution in [-0.2, 0) is 16.0 Å². The molecule has 1 aromatic carbocycles. The van der Waals surface area contributed by atoms with Crippen molar-refractivity contribution in [3.8, 4) is 0 Å². The molecular formula is C11H14N2O3S. The number of urea groups is 1. The van der Waals surface area contributed by atoms with Gasteiger partial charge in [0.1, 0.15) is 0 Å². The molecule has 0 spiro atoms. The maximum Gasteiger partial charge on any atom is 0.331 e. The maximum absolute atomic E-state index is 11.3. The van der Waals surface area contributed by atoms with Gasteiger partial charge in [0.05, 0.1) is 19.2 Å². The number of methoxy groups -OCH3 is 1. The smallest absolute Gasteiger partial charge is 0.331 e. The second-order valence-corrected chi connectivity index (χ2v) is 3.69. The van der Waals surface area contributed by atoms with E-state index < -0.39 is 0 Å². The van der Waals surface area contributed by atoms with Crippen molar-refractivity contribution >= 4 is 30.5 Å². The van der Waals surface area contributed by atoms with Gasteiger partial charge < -0.3 is 10.1 Å². The number of amides is 2. The van der Waals surface area contributed by atoms with Gasteiger partial charge in [0.2, 0.25) is 0 Å². The number of carbonyl (C=O) groups is 2. The third kappa shape index (κ3) is 3.67. The van der Waals surface area contributed by atoms with Crippen molar-refractivity contribution in [3.05, 3.63) is 29.8 Å². The highest BCUT2D eigenvalue weighted by atomic mass is 32.1. The molecule has 1 rings (SSSR count). The highest BCUT2D eigenvalue weighted by Gasteiger charge is 2.10. The molecule has 17 heavy (non-hydrogen) atoms. The summed E-state index contributed by atoms with van der Waals surface area (Å²) < 4.78 is 5.74. The number of hydrogen-bond acceptors (Lipinski definition) is 4. The lowest BCUT2D eigenvalue weighted by Crippen LogP contribution is -2.30. The van der Waals surface area contributed by atoms with E-state index in [9.17, 15) is 9.59 Å². The summed E-state index contributed by atoms with van der Waals surface area (Å²) in [5.41, 5.74) is 1.44. The van der Waals surface area contributed by atoms with Gasteiger partial charge >= 0.3 is 12.0 Å². The van der Waals surface area contributed by atoms with Gasteiger partial charge in [-0.15, -0.1) is 0 Å². The topological polar surface area (TPSA) is 58.6 Å². The Morgan fingerprint density at radius 1 is 1.35 bits per heavy atom. The third-order valence-electron chi connectivity index (χ3n) is 2.16. The first-order valence-corrected chi connectivity index (χ1v) is 5.35. The monoisotopic (exact) mass is 254 g/mol. The lowest BCUT2D eigenvalue weighted by atomic mass is 10.1. The van der Waals surface area contributed by atoms with Gasteiger partial charge in [-0.1, -0.05) is 24.9 Å². The van der Waals surface area contributed by atoms with Gasteiger partial charge in [0, 0.05) is 7.05 Å². The molecule has 0 aromatic heterocycles. The van der Waals surface area contributed by atoms with Crippen LogP contribution < -0.4 is 9.62 Å². The van der Waals surface area contributed by atoms with Crippen LogP contribution in [0.1, 0.15) is 5.56 Å². The Labute approximate surface area is 105 Å². The van der Waals surface area contributed by atoms with Gasteiger partial charge in [-0.2, -0.15) is 0 Å². The molecule has 0 heterocycles. The molecule has 0 atom stereocenters. The van der Waals surface area contributed by atoms with E-state index in [1.807, 2.05) is 0 Å². The molecule has 0 unspecified atom stereocenters. The molecule has 0 saturated heterocycles. The van der Waals surface area contributed by atoms with Gasteiger partial charge in [0.15, 0.2) is 0 Å². The van der Waals surface area contributed by atoms with Crippen molar-refractivity contribution in [2.45, 2.75) is 6.42 Å². The summed E-state index contributed by atoms with van der Waals surface area (Å²) in [5.74, 6) is -0.299. The number of nitrogens with one attached hydrogen (secondary N) is 1. The van der Waals surface area contributed by atoms with Crippen LogP contribution in [0.15, 0.2) is 24.3 Å². The van der Waals surface area contributed by atoms with Crippen molar-refractivity contribution in [1.29, 1.82) is 0 Å². The van der Waals surface area contributed by atoms with Gasteiger partial charge in [0.25, 0.3) is 0 Å². The highest BCUT2D eigenvalue weighted by molar-refractivity contribution is 7.82. The fraction of sp³-hybridized carbons (Fsp3) is 0.273. The van der Waals surface area contributed by atoms with Crippen LogP contribution in [0.5, 0.6) is 0 Å². The minimum Gasteiger partial charge on any atom is -0.469 e. The zero-order valence-electron chi connectivity index (χ0n) is 9.64. The highest BCUT2D eigenvalue weighted by Crippen LogP contribution is 2.17. The van der Waals surface area contributed by atoms with Gasteiger partial charge in [-0.25, -0.2) is 9.10 Å². The Morgan fingerprint density at radius 2 is 1.94 bits per heavy atom. The largest absolute Gasteiger partial charge is 0.469 e. The summed E-state index contributed by atoms with van der Waals surface area (Å²) in [7, 11) is 2.87. The minimum atomic E-state index is -0.325. The number of ether oxygens (including phenoxy) is 1. The zero-order valence-corrected chi connectivity index (χ0v) is 10.5. The van der Waals surface area contributed by atoms with Crippen LogP contribution in [0.3, 0.4) is 0 Å². The van der Waals surface area contributed by atoms with Crippen molar-refractivity contribution in [1.82, 2.24) is 5.32 Å². The quantitative estimate of drug-likeness (QED) is 0.633. The SMILES string of the molecule is CNC(=O)N(S)c1ccc(CC(=O)OC)cc1. The first-order valence-electron chi connectivity index (χ1n) is 4.95. The molecule has 92 valence electrons. The molecule has 0 bridgehead atoms. The Morgan fingerprint density at radius 3 is 2.41 bits per heavy atom. The van der Waals surface area contributed by atoms with Gasteiger partial charge in [-0.3, -0.25) is 4.79 Å². The molecule has 0 radical (unpaired) electrons. The number of hydrogen-bond donors (Lipinski definition) is 2. The predicted octanol–water partition coefficient (Wildman–Crippen LogP) is 1.39. The van der Waals surface area contributed by atoms with E-state index in [4.69, 9.17) is 0 Å². The first kappa shape index (κ1) is 13.4. The van der Waals surface area contributed by atoms with Crippen molar-refractivity contribution in [2.24, 2.45) is 0 Å². The predicted molar refractivity (Wildman–Crippen MR) is 68.1 cm³/mol. The molecule has 0 aliphatic rings. The molecule has 1 N–H and O–H groups in total. The Hall–Kier alpha value is -1.69. The van der Waals surface area contributed by atoms with E-state index in [0.717, 1.165) is 5.56 Å². The normalized spacial score (nSPS) is 9.59. The third-order valence-corrected chi connectivity index (χ3v) is 2.58. The summed E-state index contributed by atoms with van der Waals surface area (Å²) in [5, 5.41) is 2.46. The molecule has 5 nitrogen and oxygen atoms in total. The number of esters is 1. The maximum atomic E-state index is 11.3. The van der Waals surface area contributed by atoms with Crippen molar-refractivity contribution < 1.29 is 14.3 Å². The van der Waals surface area contributed by atoms with E-state index in [1.165, 1.54) is 18.5 Å². The van der Waals surface area contributed by atoms with Crippen LogP contribution in [0, 0.1) is 0 Å². The Bertz CT molecular complexity index is 406. The number of anilines is 1. The van der Waals surface area contributed by atoms with Crippen LogP contribution in [-0.4, -0.2) is 26.2 Å². The number of thiol groups is 1. The second-order valence-electron chi connectivity index (χ2n) is 3.29. The molecule has 0 aliphatic carbocycles. The van der Waals surface area contributed by atoms with E-state index in [-0.39, 0.29) is 18.4 Å². The van der Waals surface area contributed by atoms with E-state index >= 15 is 0 Å². The summed E-state index contributed by atoms with van der Waals surface area (Å²) in [6.45, 7) is 0. The summed E-state index contributed by atoms with van der Waals surface area (Å²) >= 11 is 4.05. The van der Waals surface area contributed by atoms with E-state index in [2.05, 4.69) is 22.9 Å². The summed E-state index contributed by atoms with van der Waals surface area (Å²) in [6, 6.07) is 6.59. The average molecular weight is 254 g/mol. The standard InChI is InChI=1S/C11H14N2O3S/c1-12-11(15)13(17)9-5-3-8(4-6-9)7-10(14)16-2/h3-6,17H,7H2,1-2H3,(H,12,15). The fourth-order valence-electron chi connectivity index (χ4n) is 1.22. The Balaban J connectivity index is 2.74. The number of nitrogens with zero attached hydrogens (tertiary/aromatic N) is 1. The molecule has 0 saturated carbocycles. The number of carbonyl (C=O) groups excluding carboxylic acids is 2. The Kier molecular flexibility index (Phi) is 4.84. The molecule has 0 aliphatic heterocycles. The van der Waals surface area contributed by atoms with Crippen molar-refractivity contribution in [2.75, 3.05) is 18.5 Å². The second kappa shape index (κ2) is 6.15. The molecule has 6 heteroatoms. The molecule has 2 amide bonds. The zero-order chi connectivity index (χ0) is 12.8. The van der Waals surface area contributed by atoms with E-state index in [1.54, 1.807) is 24.3 Å². The van der Waals surface area contributed by atoms with Crippen LogP contribution in [0.2, 0.25) is 0 Å². The van der Waals surface area contributed by atoms with Gasteiger partial charge in [-0.05, 0) is 17.7 Å². The summed E-state index contributed by atoms with van der Waals surface area (Å²) in [4.78, 5) is 22.3. The lowest BCUT2D eigenvalue weighted by Gasteiger charge is -2.15.